The molecule has 0 aliphatic carbocycles. The number of nitrogen functional groups attached to an aromatic ring is 1. The first-order chi connectivity index (χ1) is 8.54. The third-order valence-electron chi connectivity index (χ3n) is 2.53. The van der Waals surface area contributed by atoms with Crippen molar-refractivity contribution in [3.8, 4) is 5.75 Å². The van der Waals surface area contributed by atoms with E-state index in [9.17, 15) is 8.78 Å². The molecule has 0 fully saturated rings. The molecule has 0 aliphatic heterocycles. The summed E-state index contributed by atoms with van der Waals surface area (Å²) in [6.07, 6.45) is 0. The summed E-state index contributed by atoms with van der Waals surface area (Å²) in [5.74, 6) is -0.615. The first-order valence-electron chi connectivity index (χ1n) is 5.48. The second-order valence-corrected chi connectivity index (χ2v) is 4.09. The van der Waals surface area contributed by atoms with E-state index in [4.69, 9.17) is 10.5 Å². The summed E-state index contributed by atoms with van der Waals surface area (Å²) < 4.78 is 31.5. The molecule has 0 saturated heterocycles. The lowest BCUT2D eigenvalue weighted by molar-refractivity contribution is 0.303. The Balaban J connectivity index is 2.13. The third-order valence-corrected chi connectivity index (χ3v) is 2.53. The van der Waals surface area contributed by atoms with Crippen LogP contribution in [0.15, 0.2) is 36.4 Å². The largest absolute Gasteiger partial charge is 0.489 e. The number of rotatable bonds is 3. The van der Waals surface area contributed by atoms with Gasteiger partial charge in [-0.2, -0.15) is 0 Å². The van der Waals surface area contributed by atoms with Crippen molar-refractivity contribution < 1.29 is 13.5 Å². The molecule has 4 heteroatoms. The van der Waals surface area contributed by atoms with Gasteiger partial charge in [-0.15, -0.1) is 0 Å². The van der Waals surface area contributed by atoms with E-state index in [1.165, 1.54) is 12.1 Å². The first-order valence-corrected chi connectivity index (χ1v) is 5.48. The van der Waals surface area contributed by atoms with Gasteiger partial charge in [0.2, 0.25) is 0 Å². The quantitative estimate of drug-likeness (QED) is 0.846. The predicted octanol–water partition coefficient (Wildman–Crippen LogP) is 3.43. The highest BCUT2D eigenvalue weighted by Gasteiger charge is 2.04. The Labute approximate surface area is 104 Å². The lowest BCUT2D eigenvalue weighted by Gasteiger charge is -2.10. The molecule has 0 bridgehead atoms. The number of aryl methyl sites for hydroxylation is 1. The van der Waals surface area contributed by atoms with E-state index in [1.54, 1.807) is 12.1 Å². The summed E-state index contributed by atoms with van der Waals surface area (Å²) in [6.45, 7) is 1.97. The number of halogens is 2. The molecule has 2 rings (SSSR count). The Morgan fingerprint density at radius 2 is 1.72 bits per heavy atom. The fraction of sp³-hybridized carbons (Fsp3) is 0.143. The average Bonchev–Trinajstić information content (AvgIpc) is 2.29. The lowest BCUT2D eigenvalue weighted by Crippen LogP contribution is -1.99. The maximum absolute atomic E-state index is 13.0. The fourth-order valence-electron chi connectivity index (χ4n) is 1.63. The van der Waals surface area contributed by atoms with Gasteiger partial charge in [-0.3, -0.25) is 0 Å². The minimum Gasteiger partial charge on any atom is -0.489 e. The summed E-state index contributed by atoms with van der Waals surface area (Å²) in [5.41, 5.74) is 7.59. The van der Waals surface area contributed by atoms with Crippen molar-refractivity contribution in [1.29, 1.82) is 0 Å². The SMILES string of the molecule is Cc1ccc(N)cc1OCc1cc(F)cc(F)c1. The van der Waals surface area contributed by atoms with E-state index in [0.29, 0.717) is 17.0 Å². The Bertz CT molecular complexity index is 549. The van der Waals surface area contributed by atoms with Gasteiger partial charge < -0.3 is 10.5 Å². The van der Waals surface area contributed by atoms with E-state index in [1.807, 2.05) is 13.0 Å². The maximum Gasteiger partial charge on any atom is 0.126 e. The van der Waals surface area contributed by atoms with Crippen LogP contribution in [0.1, 0.15) is 11.1 Å². The molecule has 2 N–H and O–H groups in total. The normalized spacial score (nSPS) is 10.4. The van der Waals surface area contributed by atoms with Crippen molar-refractivity contribution in [2.24, 2.45) is 0 Å². The zero-order valence-electron chi connectivity index (χ0n) is 9.91. The van der Waals surface area contributed by atoms with Crippen molar-refractivity contribution >= 4 is 5.69 Å². The molecule has 0 aromatic heterocycles. The van der Waals surface area contributed by atoms with Crippen molar-refractivity contribution in [1.82, 2.24) is 0 Å². The standard InChI is InChI=1S/C14H13F2NO/c1-9-2-3-13(17)7-14(9)18-8-10-4-11(15)6-12(16)5-10/h2-7H,8,17H2,1H3. The number of ether oxygens (including phenoxy) is 1. The highest BCUT2D eigenvalue weighted by molar-refractivity contribution is 5.48. The van der Waals surface area contributed by atoms with Crippen LogP contribution in [0.3, 0.4) is 0 Å². The van der Waals surface area contributed by atoms with Crippen LogP contribution in [0.2, 0.25) is 0 Å². The average molecular weight is 249 g/mol. The second kappa shape index (κ2) is 5.04. The fourth-order valence-corrected chi connectivity index (χ4v) is 1.63. The van der Waals surface area contributed by atoms with Crippen molar-refractivity contribution in [2.45, 2.75) is 13.5 Å². The number of hydrogen-bond acceptors (Lipinski definition) is 2. The van der Waals surface area contributed by atoms with Gasteiger partial charge >= 0.3 is 0 Å². The summed E-state index contributed by atoms with van der Waals surface area (Å²) in [7, 11) is 0. The van der Waals surface area contributed by atoms with Crippen LogP contribution in [0.5, 0.6) is 5.75 Å². The van der Waals surface area contributed by atoms with Gasteiger partial charge in [0, 0.05) is 17.8 Å². The van der Waals surface area contributed by atoms with E-state index < -0.39 is 11.6 Å². The Morgan fingerprint density at radius 1 is 1.06 bits per heavy atom. The van der Waals surface area contributed by atoms with Crippen molar-refractivity contribution in [3.63, 3.8) is 0 Å². The second-order valence-electron chi connectivity index (χ2n) is 4.09. The van der Waals surface area contributed by atoms with Gasteiger partial charge in [0.25, 0.3) is 0 Å². The van der Waals surface area contributed by atoms with Crippen LogP contribution in [0.4, 0.5) is 14.5 Å². The zero-order chi connectivity index (χ0) is 13.1. The summed E-state index contributed by atoms with van der Waals surface area (Å²) in [4.78, 5) is 0. The van der Waals surface area contributed by atoms with Gasteiger partial charge in [-0.1, -0.05) is 6.07 Å². The molecule has 0 saturated carbocycles. The van der Waals surface area contributed by atoms with E-state index in [2.05, 4.69) is 0 Å². The molecule has 0 aliphatic rings. The van der Waals surface area contributed by atoms with Crippen LogP contribution < -0.4 is 10.5 Å². The van der Waals surface area contributed by atoms with Crippen LogP contribution in [0, 0.1) is 18.6 Å². The lowest BCUT2D eigenvalue weighted by atomic mass is 10.2. The molecule has 2 aromatic rings. The molecule has 18 heavy (non-hydrogen) atoms. The topological polar surface area (TPSA) is 35.2 Å². The highest BCUT2D eigenvalue weighted by atomic mass is 19.1. The molecular weight excluding hydrogens is 236 g/mol. The predicted molar refractivity (Wildman–Crippen MR) is 66.3 cm³/mol. The molecule has 0 spiro atoms. The van der Waals surface area contributed by atoms with Gasteiger partial charge in [-0.05, 0) is 36.2 Å². The summed E-state index contributed by atoms with van der Waals surface area (Å²) in [6, 6.07) is 8.59. The van der Waals surface area contributed by atoms with Crippen LogP contribution in [-0.4, -0.2) is 0 Å². The number of anilines is 1. The van der Waals surface area contributed by atoms with Crippen LogP contribution in [-0.2, 0) is 6.61 Å². The zero-order valence-corrected chi connectivity index (χ0v) is 9.91. The van der Waals surface area contributed by atoms with E-state index in [0.717, 1.165) is 11.6 Å². The van der Waals surface area contributed by atoms with Gasteiger partial charge in [0.1, 0.15) is 24.0 Å². The summed E-state index contributed by atoms with van der Waals surface area (Å²) in [5, 5.41) is 0. The van der Waals surface area contributed by atoms with Gasteiger partial charge in [0.15, 0.2) is 0 Å². The first kappa shape index (κ1) is 12.4. The Morgan fingerprint density at radius 3 is 2.39 bits per heavy atom. The molecule has 0 atom stereocenters. The van der Waals surface area contributed by atoms with Crippen LogP contribution in [0.25, 0.3) is 0 Å². The number of benzene rings is 2. The van der Waals surface area contributed by atoms with Crippen molar-refractivity contribution in [3.05, 3.63) is 59.2 Å². The van der Waals surface area contributed by atoms with Gasteiger partial charge in [0.05, 0.1) is 0 Å². The molecular formula is C14H13F2NO. The molecule has 0 heterocycles. The minimum atomic E-state index is -0.613. The molecule has 2 nitrogen and oxygen atoms in total. The van der Waals surface area contributed by atoms with E-state index >= 15 is 0 Å². The molecule has 0 radical (unpaired) electrons. The Hall–Kier alpha value is -2.10. The molecule has 2 aromatic carbocycles. The Kier molecular flexibility index (Phi) is 3.46. The highest BCUT2D eigenvalue weighted by Crippen LogP contribution is 2.22. The maximum atomic E-state index is 13.0. The monoisotopic (exact) mass is 249 g/mol. The van der Waals surface area contributed by atoms with Gasteiger partial charge in [-0.25, -0.2) is 8.78 Å². The minimum absolute atomic E-state index is 0.0962. The smallest absolute Gasteiger partial charge is 0.126 e. The van der Waals surface area contributed by atoms with Crippen LogP contribution >= 0.6 is 0 Å². The molecule has 0 unspecified atom stereocenters. The van der Waals surface area contributed by atoms with Crippen molar-refractivity contribution in [2.75, 3.05) is 5.73 Å². The molecule has 0 amide bonds. The van der Waals surface area contributed by atoms with E-state index in [-0.39, 0.29) is 6.61 Å². The number of nitrogens with two attached hydrogens (primary N) is 1. The number of hydrogen-bond donors (Lipinski definition) is 1. The molecule has 94 valence electrons. The third kappa shape index (κ3) is 2.97. The summed E-state index contributed by atoms with van der Waals surface area (Å²) >= 11 is 0.